The predicted molar refractivity (Wildman–Crippen MR) is 62.9 cm³/mol. The molecule has 0 aliphatic carbocycles. The van der Waals surface area contributed by atoms with Gasteiger partial charge in [-0.25, -0.2) is 8.42 Å². The van der Waals surface area contributed by atoms with Gasteiger partial charge in [0.25, 0.3) is 0 Å². The SMILES string of the molecule is CC/C=C/C(=O)CS(=O)(=O)c1ccccc1. The smallest absolute Gasteiger partial charge is 0.185 e. The Balaban J connectivity index is 2.81. The van der Waals surface area contributed by atoms with Crippen LogP contribution in [-0.2, 0) is 14.6 Å². The van der Waals surface area contributed by atoms with E-state index in [0.29, 0.717) is 0 Å². The molecule has 1 rings (SSSR count). The van der Waals surface area contributed by atoms with E-state index in [2.05, 4.69) is 0 Å². The Morgan fingerprint density at radius 1 is 1.25 bits per heavy atom. The Morgan fingerprint density at radius 3 is 2.44 bits per heavy atom. The molecule has 3 nitrogen and oxygen atoms in total. The maximum atomic E-state index is 11.8. The summed E-state index contributed by atoms with van der Waals surface area (Å²) in [6.07, 6.45) is 3.69. The van der Waals surface area contributed by atoms with Crippen molar-refractivity contribution < 1.29 is 13.2 Å². The van der Waals surface area contributed by atoms with E-state index in [4.69, 9.17) is 0 Å². The molecular weight excluding hydrogens is 224 g/mol. The number of rotatable bonds is 5. The molecule has 0 saturated carbocycles. The molecule has 4 heteroatoms. The van der Waals surface area contributed by atoms with Gasteiger partial charge in [0.1, 0.15) is 5.75 Å². The Hall–Kier alpha value is -1.42. The minimum absolute atomic E-state index is 0.188. The maximum Gasteiger partial charge on any atom is 0.185 e. The summed E-state index contributed by atoms with van der Waals surface area (Å²) in [7, 11) is -3.49. The molecule has 1 aromatic carbocycles. The van der Waals surface area contributed by atoms with Gasteiger partial charge in [-0.15, -0.1) is 0 Å². The largest absolute Gasteiger partial charge is 0.294 e. The summed E-state index contributed by atoms with van der Waals surface area (Å²) in [5, 5.41) is 0. The van der Waals surface area contributed by atoms with E-state index in [9.17, 15) is 13.2 Å². The lowest BCUT2D eigenvalue weighted by Gasteiger charge is -2.00. The zero-order chi connectivity index (χ0) is 12.0. The average Bonchev–Trinajstić information content (AvgIpc) is 2.27. The maximum absolute atomic E-state index is 11.8. The first kappa shape index (κ1) is 12.6. The number of carbonyl (C=O) groups is 1. The van der Waals surface area contributed by atoms with E-state index in [-0.39, 0.29) is 10.7 Å². The van der Waals surface area contributed by atoms with Crippen LogP contribution in [0.25, 0.3) is 0 Å². The van der Waals surface area contributed by atoms with Gasteiger partial charge in [-0.05, 0) is 24.6 Å². The molecule has 0 aliphatic rings. The zero-order valence-corrected chi connectivity index (χ0v) is 9.91. The van der Waals surface area contributed by atoms with Crippen molar-refractivity contribution in [1.29, 1.82) is 0 Å². The third-order valence-corrected chi connectivity index (χ3v) is 3.63. The minimum Gasteiger partial charge on any atom is -0.294 e. The molecule has 0 saturated heterocycles. The van der Waals surface area contributed by atoms with E-state index < -0.39 is 15.6 Å². The predicted octanol–water partition coefficient (Wildman–Crippen LogP) is 2.00. The van der Waals surface area contributed by atoms with Gasteiger partial charge in [0.05, 0.1) is 4.90 Å². The second kappa shape index (κ2) is 5.61. The van der Waals surface area contributed by atoms with Crippen LogP contribution in [0.2, 0.25) is 0 Å². The minimum atomic E-state index is -3.49. The van der Waals surface area contributed by atoms with E-state index >= 15 is 0 Å². The summed E-state index contributed by atoms with van der Waals surface area (Å²) in [4.78, 5) is 11.5. The lowest BCUT2D eigenvalue weighted by Crippen LogP contribution is -2.14. The molecule has 0 aromatic heterocycles. The summed E-state index contributed by atoms with van der Waals surface area (Å²) < 4.78 is 23.5. The fourth-order valence-corrected chi connectivity index (χ4v) is 2.41. The second-order valence-electron chi connectivity index (χ2n) is 3.35. The standard InChI is InChI=1S/C12H14O3S/c1-2-3-7-11(13)10-16(14,15)12-8-5-4-6-9-12/h3-9H,2,10H2,1H3/b7-3+. The highest BCUT2D eigenvalue weighted by molar-refractivity contribution is 7.92. The van der Waals surface area contributed by atoms with Crippen molar-refractivity contribution >= 4 is 15.6 Å². The molecule has 0 radical (unpaired) electrons. The van der Waals surface area contributed by atoms with Gasteiger partial charge >= 0.3 is 0 Å². The molecule has 0 spiro atoms. The Labute approximate surface area is 95.7 Å². The number of hydrogen-bond acceptors (Lipinski definition) is 3. The molecule has 0 unspecified atom stereocenters. The Kier molecular flexibility index (Phi) is 4.43. The van der Waals surface area contributed by atoms with Gasteiger partial charge in [0.15, 0.2) is 15.6 Å². The molecule has 0 N–H and O–H groups in total. The van der Waals surface area contributed by atoms with Crippen LogP contribution < -0.4 is 0 Å². The Morgan fingerprint density at radius 2 is 1.88 bits per heavy atom. The number of hydrogen-bond donors (Lipinski definition) is 0. The molecule has 0 fully saturated rings. The van der Waals surface area contributed by atoms with Crippen molar-refractivity contribution in [2.24, 2.45) is 0 Å². The number of benzene rings is 1. The highest BCUT2D eigenvalue weighted by atomic mass is 32.2. The van der Waals surface area contributed by atoms with E-state index in [1.807, 2.05) is 6.92 Å². The van der Waals surface area contributed by atoms with Gasteiger partial charge in [0, 0.05) is 0 Å². The van der Waals surface area contributed by atoms with Crippen LogP contribution in [-0.4, -0.2) is 20.0 Å². The van der Waals surface area contributed by atoms with Crippen LogP contribution in [0.15, 0.2) is 47.4 Å². The summed E-state index contributed by atoms with van der Waals surface area (Å²) in [6, 6.07) is 7.99. The van der Waals surface area contributed by atoms with Crippen molar-refractivity contribution in [2.75, 3.05) is 5.75 Å². The second-order valence-corrected chi connectivity index (χ2v) is 5.34. The zero-order valence-electron chi connectivity index (χ0n) is 9.09. The lowest BCUT2D eigenvalue weighted by atomic mass is 10.3. The van der Waals surface area contributed by atoms with Gasteiger partial charge < -0.3 is 0 Å². The number of allylic oxidation sites excluding steroid dienone is 2. The highest BCUT2D eigenvalue weighted by Gasteiger charge is 2.16. The van der Waals surface area contributed by atoms with Crippen LogP contribution in [0, 0.1) is 0 Å². The van der Waals surface area contributed by atoms with Crippen molar-refractivity contribution in [3.63, 3.8) is 0 Å². The van der Waals surface area contributed by atoms with Crippen molar-refractivity contribution in [3.05, 3.63) is 42.5 Å². The third kappa shape index (κ3) is 3.62. The highest BCUT2D eigenvalue weighted by Crippen LogP contribution is 2.10. The molecule has 0 atom stereocenters. The van der Waals surface area contributed by atoms with Crippen molar-refractivity contribution in [3.8, 4) is 0 Å². The molecule has 0 heterocycles. The average molecular weight is 238 g/mol. The van der Waals surface area contributed by atoms with E-state index in [1.54, 1.807) is 24.3 Å². The molecule has 86 valence electrons. The topological polar surface area (TPSA) is 51.2 Å². The van der Waals surface area contributed by atoms with Crippen LogP contribution in [0.4, 0.5) is 0 Å². The summed E-state index contributed by atoms with van der Waals surface area (Å²) >= 11 is 0. The first-order valence-electron chi connectivity index (χ1n) is 5.03. The fraction of sp³-hybridized carbons (Fsp3) is 0.250. The van der Waals surface area contributed by atoms with E-state index in [1.165, 1.54) is 18.2 Å². The van der Waals surface area contributed by atoms with Crippen LogP contribution in [0.1, 0.15) is 13.3 Å². The van der Waals surface area contributed by atoms with Gasteiger partial charge in [0.2, 0.25) is 0 Å². The van der Waals surface area contributed by atoms with Crippen LogP contribution in [0.3, 0.4) is 0 Å². The fourth-order valence-electron chi connectivity index (χ4n) is 1.20. The molecule has 1 aromatic rings. The summed E-state index contributed by atoms with van der Waals surface area (Å²) in [5.41, 5.74) is 0. The first-order chi connectivity index (χ1) is 7.56. The Bertz CT molecular complexity index is 472. The summed E-state index contributed by atoms with van der Waals surface area (Å²) in [5.74, 6) is -0.848. The molecule has 0 amide bonds. The first-order valence-corrected chi connectivity index (χ1v) is 6.68. The quantitative estimate of drug-likeness (QED) is 0.737. The molecule has 0 bridgehead atoms. The molecule has 16 heavy (non-hydrogen) atoms. The third-order valence-electron chi connectivity index (χ3n) is 1.97. The van der Waals surface area contributed by atoms with Crippen LogP contribution in [0.5, 0.6) is 0 Å². The lowest BCUT2D eigenvalue weighted by molar-refractivity contribution is -0.112. The monoisotopic (exact) mass is 238 g/mol. The normalized spacial score (nSPS) is 11.8. The number of ketones is 1. The van der Waals surface area contributed by atoms with Gasteiger partial charge in [-0.2, -0.15) is 0 Å². The molecule has 0 aliphatic heterocycles. The molecular formula is C12H14O3S. The van der Waals surface area contributed by atoms with Crippen molar-refractivity contribution in [1.82, 2.24) is 0 Å². The van der Waals surface area contributed by atoms with Crippen LogP contribution >= 0.6 is 0 Å². The number of sulfone groups is 1. The van der Waals surface area contributed by atoms with Gasteiger partial charge in [-0.1, -0.05) is 31.2 Å². The van der Waals surface area contributed by atoms with Gasteiger partial charge in [-0.3, -0.25) is 4.79 Å². The summed E-state index contributed by atoms with van der Waals surface area (Å²) in [6.45, 7) is 1.88. The van der Waals surface area contributed by atoms with Crippen molar-refractivity contribution in [2.45, 2.75) is 18.2 Å². The number of carbonyl (C=O) groups excluding carboxylic acids is 1. The van der Waals surface area contributed by atoms with E-state index in [0.717, 1.165) is 6.42 Å².